The number of aliphatic carboxylic acids is 1. The predicted octanol–water partition coefficient (Wildman–Crippen LogP) is 1.34. The van der Waals surface area contributed by atoms with E-state index in [9.17, 15) is 14.4 Å². The van der Waals surface area contributed by atoms with E-state index in [1.54, 1.807) is 18.2 Å². The average Bonchev–Trinajstić information content (AvgIpc) is 2.43. The summed E-state index contributed by atoms with van der Waals surface area (Å²) in [7, 11) is 0. The first-order valence-corrected chi connectivity index (χ1v) is 7.16. The first kappa shape index (κ1) is 17.7. The minimum absolute atomic E-state index is 0.142. The van der Waals surface area contributed by atoms with Crippen molar-refractivity contribution in [1.82, 2.24) is 10.6 Å². The summed E-state index contributed by atoms with van der Waals surface area (Å²) < 4.78 is 0. The van der Waals surface area contributed by atoms with Gasteiger partial charge in [0.05, 0.1) is 6.54 Å². The molecule has 0 radical (unpaired) electrons. The van der Waals surface area contributed by atoms with Crippen LogP contribution < -0.4 is 10.6 Å². The molecule has 6 nitrogen and oxygen atoms in total. The van der Waals surface area contributed by atoms with E-state index < -0.39 is 17.9 Å². The topological polar surface area (TPSA) is 95.5 Å². The normalized spacial score (nSPS) is 11.8. The minimum atomic E-state index is -1.08. The number of nitrogens with one attached hydrogen (secondary N) is 2. The predicted molar refractivity (Wildman–Crippen MR) is 82.5 cm³/mol. The molecule has 0 aromatic heterocycles. The lowest BCUT2D eigenvalue weighted by atomic mass is 10.0. The molecule has 0 saturated heterocycles. The van der Waals surface area contributed by atoms with Crippen LogP contribution in [0.5, 0.6) is 0 Å². The van der Waals surface area contributed by atoms with E-state index in [-0.39, 0.29) is 18.4 Å². The van der Waals surface area contributed by atoms with Crippen LogP contribution >= 0.6 is 0 Å². The van der Waals surface area contributed by atoms with Gasteiger partial charge in [-0.1, -0.05) is 31.5 Å². The van der Waals surface area contributed by atoms with Gasteiger partial charge in [0, 0.05) is 5.56 Å². The lowest BCUT2D eigenvalue weighted by Gasteiger charge is -2.16. The van der Waals surface area contributed by atoms with Gasteiger partial charge in [-0.3, -0.25) is 9.59 Å². The van der Waals surface area contributed by atoms with Crippen molar-refractivity contribution in [3.05, 3.63) is 35.4 Å². The molecule has 0 saturated carbocycles. The molecule has 1 aromatic rings. The third kappa shape index (κ3) is 5.95. The summed E-state index contributed by atoms with van der Waals surface area (Å²) in [5.41, 5.74) is 1.41. The Labute approximate surface area is 129 Å². The number of aryl methyl sites for hydroxylation is 1. The first-order valence-electron chi connectivity index (χ1n) is 7.16. The zero-order chi connectivity index (χ0) is 16.7. The van der Waals surface area contributed by atoms with Crippen LogP contribution in [0.1, 0.15) is 36.2 Å². The summed E-state index contributed by atoms with van der Waals surface area (Å²) in [6.45, 7) is 5.37. The first-order chi connectivity index (χ1) is 10.3. The summed E-state index contributed by atoms with van der Waals surface area (Å²) in [4.78, 5) is 34.7. The number of carboxylic acid groups (broad SMARTS) is 1. The van der Waals surface area contributed by atoms with Crippen molar-refractivity contribution in [2.24, 2.45) is 5.92 Å². The molecule has 1 aromatic carbocycles. The fourth-order valence-electron chi connectivity index (χ4n) is 1.99. The van der Waals surface area contributed by atoms with E-state index in [4.69, 9.17) is 5.11 Å². The van der Waals surface area contributed by atoms with Crippen LogP contribution in [0.15, 0.2) is 24.3 Å². The second-order valence-electron chi connectivity index (χ2n) is 5.64. The molecule has 0 spiro atoms. The van der Waals surface area contributed by atoms with Gasteiger partial charge in [0.15, 0.2) is 0 Å². The number of hydrogen-bond donors (Lipinski definition) is 3. The number of rotatable bonds is 7. The van der Waals surface area contributed by atoms with Crippen molar-refractivity contribution in [2.45, 2.75) is 33.2 Å². The molecule has 22 heavy (non-hydrogen) atoms. The number of benzene rings is 1. The zero-order valence-corrected chi connectivity index (χ0v) is 13.1. The summed E-state index contributed by atoms with van der Waals surface area (Å²) in [6, 6.07) is 6.05. The van der Waals surface area contributed by atoms with Crippen molar-refractivity contribution >= 4 is 17.8 Å². The molecule has 0 bridgehead atoms. The second-order valence-corrected chi connectivity index (χ2v) is 5.64. The number of carbonyl (C=O) groups is 3. The Kier molecular flexibility index (Phi) is 6.56. The van der Waals surface area contributed by atoms with Crippen molar-refractivity contribution in [1.29, 1.82) is 0 Å². The summed E-state index contributed by atoms with van der Waals surface area (Å²) in [6.07, 6.45) is 0.340. The molecule has 0 aliphatic carbocycles. The van der Waals surface area contributed by atoms with Gasteiger partial charge < -0.3 is 15.7 Å². The van der Waals surface area contributed by atoms with Crippen LogP contribution in [0.4, 0.5) is 0 Å². The van der Waals surface area contributed by atoms with Crippen molar-refractivity contribution in [3.8, 4) is 0 Å². The largest absolute Gasteiger partial charge is 0.480 e. The molecule has 120 valence electrons. The van der Waals surface area contributed by atoms with E-state index in [2.05, 4.69) is 10.6 Å². The Morgan fingerprint density at radius 3 is 2.45 bits per heavy atom. The van der Waals surface area contributed by atoms with Crippen LogP contribution in [-0.2, 0) is 9.59 Å². The van der Waals surface area contributed by atoms with Gasteiger partial charge in [-0.2, -0.15) is 0 Å². The van der Waals surface area contributed by atoms with Gasteiger partial charge in [0.1, 0.15) is 6.04 Å². The molecule has 0 unspecified atom stereocenters. The third-order valence-corrected chi connectivity index (χ3v) is 3.03. The van der Waals surface area contributed by atoms with Crippen LogP contribution in [0, 0.1) is 12.8 Å². The van der Waals surface area contributed by atoms with Gasteiger partial charge in [-0.15, -0.1) is 0 Å². The fraction of sp³-hybridized carbons (Fsp3) is 0.438. The summed E-state index contributed by atoms with van der Waals surface area (Å²) in [5.74, 6) is -1.82. The standard InChI is InChI=1S/C16H22N2O4/c1-10(2)7-13(16(21)22)18-14(19)9-17-15(20)12-6-4-5-11(3)8-12/h4-6,8,10,13H,7,9H2,1-3H3,(H,17,20)(H,18,19)(H,21,22)/t13-/m0/s1. The highest BCUT2D eigenvalue weighted by atomic mass is 16.4. The number of hydrogen-bond acceptors (Lipinski definition) is 3. The summed E-state index contributed by atoms with van der Waals surface area (Å²) >= 11 is 0. The molecule has 2 amide bonds. The highest BCUT2D eigenvalue weighted by Crippen LogP contribution is 2.05. The van der Waals surface area contributed by atoms with Gasteiger partial charge in [0.2, 0.25) is 5.91 Å². The summed E-state index contributed by atoms with van der Waals surface area (Å²) in [5, 5.41) is 13.9. The van der Waals surface area contributed by atoms with Crippen LogP contribution in [0.2, 0.25) is 0 Å². The maximum Gasteiger partial charge on any atom is 0.326 e. The Morgan fingerprint density at radius 2 is 1.91 bits per heavy atom. The monoisotopic (exact) mass is 306 g/mol. The average molecular weight is 306 g/mol. The molecule has 6 heteroatoms. The van der Waals surface area contributed by atoms with Crippen molar-refractivity contribution in [3.63, 3.8) is 0 Å². The highest BCUT2D eigenvalue weighted by molar-refractivity contribution is 5.97. The maximum atomic E-state index is 11.9. The molecule has 0 heterocycles. The Morgan fingerprint density at radius 1 is 1.23 bits per heavy atom. The SMILES string of the molecule is Cc1cccc(C(=O)NCC(=O)N[C@@H](CC(C)C)C(=O)O)c1. The number of carbonyl (C=O) groups excluding carboxylic acids is 2. The van der Waals surface area contributed by atoms with Crippen LogP contribution in [0.25, 0.3) is 0 Å². The molecule has 0 fully saturated rings. The van der Waals surface area contributed by atoms with E-state index in [1.165, 1.54) is 0 Å². The quantitative estimate of drug-likeness (QED) is 0.708. The second kappa shape index (κ2) is 8.17. The Bertz CT molecular complexity index is 555. The van der Waals surface area contributed by atoms with Crippen LogP contribution in [-0.4, -0.2) is 35.5 Å². The number of amides is 2. The van der Waals surface area contributed by atoms with Gasteiger partial charge in [-0.25, -0.2) is 4.79 Å². The Balaban J connectivity index is 2.51. The van der Waals surface area contributed by atoms with Crippen molar-refractivity contribution in [2.75, 3.05) is 6.54 Å². The zero-order valence-electron chi connectivity index (χ0n) is 13.1. The van der Waals surface area contributed by atoms with E-state index in [0.29, 0.717) is 12.0 Å². The van der Waals surface area contributed by atoms with E-state index in [1.807, 2.05) is 26.8 Å². The molecule has 1 atom stereocenters. The van der Waals surface area contributed by atoms with Crippen LogP contribution in [0.3, 0.4) is 0 Å². The molecular formula is C16H22N2O4. The highest BCUT2D eigenvalue weighted by Gasteiger charge is 2.21. The smallest absolute Gasteiger partial charge is 0.326 e. The lowest BCUT2D eigenvalue weighted by molar-refractivity contribution is -0.142. The molecule has 1 rings (SSSR count). The van der Waals surface area contributed by atoms with Crippen molar-refractivity contribution < 1.29 is 19.5 Å². The third-order valence-electron chi connectivity index (χ3n) is 3.03. The lowest BCUT2D eigenvalue weighted by Crippen LogP contribution is -2.46. The molecule has 0 aliphatic heterocycles. The molecule has 3 N–H and O–H groups in total. The van der Waals surface area contributed by atoms with E-state index >= 15 is 0 Å². The minimum Gasteiger partial charge on any atom is -0.480 e. The molecule has 0 aliphatic rings. The maximum absolute atomic E-state index is 11.9. The number of carboxylic acids is 1. The fourth-order valence-corrected chi connectivity index (χ4v) is 1.99. The van der Waals surface area contributed by atoms with E-state index in [0.717, 1.165) is 5.56 Å². The van der Waals surface area contributed by atoms with Gasteiger partial charge in [-0.05, 0) is 31.4 Å². The van der Waals surface area contributed by atoms with Gasteiger partial charge >= 0.3 is 5.97 Å². The van der Waals surface area contributed by atoms with Gasteiger partial charge in [0.25, 0.3) is 5.91 Å². The molecular weight excluding hydrogens is 284 g/mol. The Hall–Kier alpha value is -2.37.